The summed E-state index contributed by atoms with van der Waals surface area (Å²) in [6.45, 7) is 5.59. The maximum Gasteiger partial charge on any atom is 0.323 e. The Balaban J connectivity index is 1.61. The molecule has 14 heteroatoms. The minimum absolute atomic E-state index is 0.0239. The number of rotatable bonds is 9. The Morgan fingerprint density at radius 3 is 2.38 bits per heavy atom. The standard InChI is InChI=1S/C36H47FN4O8S/c1-24-21-41(25(2)23-42)35(43)32-20-29(39-36(44)38-28-11-14-30(47-5)15-12-28)13-18-33(32)49-26(3)8-6-7-19-48-34(24)22-40(4)50(45,46)31-16-9-27(37)10-17-31/h9-18,20,24-26,34,42H,6-8,19,21-23H2,1-5H3,(H2,38,39,44)/t24-,25-,26+,34+/m1/s1. The molecule has 0 radical (unpaired) electrons. The maximum atomic E-state index is 14.4. The van der Waals surface area contributed by atoms with Crippen molar-refractivity contribution in [2.75, 3.05) is 51.1 Å². The Labute approximate surface area is 293 Å². The number of carbonyl (C=O) groups excluding carboxylic acids is 2. The van der Waals surface area contributed by atoms with E-state index in [0.29, 0.717) is 42.3 Å². The summed E-state index contributed by atoms with van der Waals surface area (Å²) < 4.78 is 59.1. The predicted molar refractivity (Wildman–Crippen MR) is 189 cm³/mol. The first-order valence-electron chi connectivity index (χ1n) is 16.6. The smallest absolute Gasteiger partial charge is 0.323 e. The van der Waals surface area contributed by atoms with Crippen molar-refractivity contribution >= 4 is 33.3 Å². The second-order valence-corrected chi connectivity index (χ2v) is 14.6. The van der Waals surface area contributed by atoms with Gasteiger partial charge in [-0.15, -0.1) is 0 Å². The molecule has 3 aromatic rings. The normalized spacial score (nSPS) is 19.9. The first-order valence-corrected chi connectivity index (χ1v) is 18.0. The second kappa shape index (κ2) is 17.6. The van der Waals surface area contributed by atoms with Crippen molar-refractivity contribution in [1.82, 2.24) is 9.21 Å². The summed E-state index contributed by atoms with van der Waals surface area (Å²) in [7, 11) is -0.976. The monoisotopic (exact) mass is 714 g/mol. The van der Waals surface area contributed by atoms with Crippen LogP contribution in [0.2, 0.25) is 0 Å². The van der Waals surface area contributed by atoms with Crippen LogP contribution >= 0.6 is 0 Å². The van der Waals surface area contributed by atoms with Crippen LogP contribution in [0.3, 0.4) is 0 Å². The van der Waals surface area contributed by atoms with Crippen molar-refractivity contribution in [3.05, 3.63) is 78.1 Å². The molecule has 1 aliphatic heterocycles. The number of ether oxygens (including phenoxy) is 3. The summed E-state index contributed by atoms with van der Waals surface area (Å²) in [5, 5.41) is 15.7. The molecule has 0 saturated carbocycles. The number of nitrogens with zero attached hydrogens (tertiary/aromatic N) is 2. The number of nitrogens with one attached hydrogen (secondary N) is 2. The van der Waals surface area contributed by atoms with E-state index in [1.807, 2.05) is 13.8 Å². The summed E-state index contributed by atoms with van der Waals surface area (Å²) >= 11 is 0. The first kappa shape index (κ1) is 38.6. The number of hydrogen-bond acceptors (Lipinski definition) is 8. The molecule has 0 aliphatic carbocycles. The van der Waals surface area contributed by atoms with E-state index in [4.69, 9.17) is 14.2 Å². The fraction of sp³-hybridized carbons (Fsp3) is 0.444. The van der Waals surface area contributed by atoms with E-state index in [-0.39, 0.29) is 42.2 Å². The average molecular weight is 715 g/mol. The van der Waals surface area contributed by atoms with Gasteiger partial charge in [0.25, 0.3) is 5.91 Å². The number of likely N-dealkylation sites (N-methyl/N-ethyl adjacent to an activating group) is 1. The van der Waals surface area contributed by atoms with Crippen LogP contribution < -0.4 is 20.1 Å². The van der Waals surface area contributed by atoms with Gasteiger partial charge in [0, 0.05) is 44.0 Å². The van der Waals surface area contributed by atoms with Crippen LogP contribution in [0.4, 0.5) is 20.6 Å². The lowest BCUT2D eigenvalue weighted by Crippen LogP contribution is -2.48. The largest absolute Gasteiger partial charge is 0.497 e. The molecule has 3 aromatic carbocycles. The van der Waals surface area contributed by atoms with Crippen LogP contribution in [0.1, 0.15) is 50.4 Å². The molecule has 4 rings (SSSR count). The van der Waals surface area contributed by atoms with Gasteiger partial charge in [0.1, 0.15) is 17.3 Å². The number of hydrogen-bond donors (Lipinski definition) is 3. The highest BCUT2D eigenvalue weighted by molar-refractivity contribution is 7.89. The molecule has 50 heavy (non-hydrogen) atoms. The molecule has 0 fully saturated rings. The SMILES string of the molecule is COc1ccc(NC(=O)Nc2ccc3c(c2)C(=O)N([C@H](C)CO)C[C@@H](C)[C@H](CN(C)S(=O)(=O)c2ccc(F)cc2)OCCCC[C@H](C)O3)cc1. The molecule has 1 heterocycles. The van der Waals surface area contributed by atoms with Gasteiger partial charge in [-0.3, -0.25) is 4.79 Å². The second-order valence-electron chi connectivity index (χ2n) is 12.6. The molecule has 12 nitrogen and oxygen atoms in total. The van der Waals surface area contributed by atoms with Crippen molar-refractivity contribution in [2.45, 2.75) is 63.2 Å². The highest BCUT2D eigenvalue weighted by Crippen LogP contribution is 2.29. The van der Waals surface area contributed by atoms with Crippen molar-refractivity contribution in [2.24, 2.45) is 5.92 Å². The average Bonchev–Trinajstić information content (AvgIpc) is 3.09. The van der Waals surface area contributed by atoms with Crippen molar-refractivity contribution in [1.29, 1.82) is 0 Å². The minimum Gasteiger partial charge on any atom is -0.497 e. The van der Waals surface area contributed by atoms with Gasteiger partial charge in [0.15, 0.2) is 0 Å². The van der Waals surface area contributed by atoms with Crippen molar-refractivity contribution in [3.63, 3.8) is 0 Å². The maximum absolute atomic E-state index is 14.4. The number of halogens is 1. The molecule has 0 aromatic heterocycles. The van der Waals surface area contributed by atoms with Gasteiger partial charge >= 0.3 is 6.03 Å². The van der Waals surface area contributed by atoms with Crippen LogP contribution in [0.25, 0.3) is 0 Å². The number of anilines is 2. The zero-order valence-corrected chi connectivity index (χ0v) is 29.9. The van der Waals surface area contributed by atoms with Gasteiger partial charge in [0.05, 0.1) is 42.4 Å². The summed E-state index contributed by atoms with van der Waals surface area (Å²) in [4.78, 5) is 28.7. The third-order valence-electron chi connectivity index (χ3n) is 8.62. The van der Waals surface area contributed by atoms with Crippen LogP contribution in [0.5, 0.6) is 11.5 Å². The van der Waals surface area contributed by atoms with Gasteiger partial charge in [-0.05, 0) is 99.8 Å². The molecular weight excluding hydrogens is 667 g/mol. The van der Waals surface area contributed by atoms with E-state index in [0.717, 1.165) is 18.6 Å². The van der Waals surface area contributed by atoms with Crippen LogP contribution in [0, 0.1) is 11.7 Å². The number of urea groups is 1. The predicted octanol–water partition coefficient (Wildman–Crippen LogP) is 5.59. The number of sulfonamides is 1. The van der Waals surface area contributed by atoms with Gasteiger partial charge in [0.2, 0.25) is 10.0 Å². The van der Waals surface area contributed by atoms with Gasteiger partial charge in [-0.1, -0.05) is 6.92 Å². The van der Waals surface area contributed by atoms with E-state index in [1.165, 1.54) is 28.4 Å². The van der Waals surface area contributed by atoms with E-state index < -0.39 is 39.9 Å². The first-order chi connectivity index (χ1) is 23.8. The lowest BCUT2D eigenvalue weighted by Gasteiger charge is -2.35. The van der Waals surface area contributed by atoms with Crippen LogP contribution in [-0.2, 0) is 14.8 Å². The van der Waals surface area contributed by atoms with Crippen molar-refractivity contribution in [3.8, 4) is 11.5 Å². The van der Waals surface area contributed by atoms with Gasteiger partial charge < -0.3 is 34.9 Å². The third kappa shape index (κ3) is 10.2. The zero-order chi connectivity index (χ0) is 36.4. The Morgan fingerprint density at radius 1 is 1.06 bits per heavy atom. The molecule has 272 valence electrons. The zero-order valence-electron chi connectivity index (χ0n) is 29.1. The molecule has 4 atom stereocenters. The van der Waals surface area contributed by atoms with E-state index in [9.17, 15) is 27.5 Å². The number of benzene rings is 3. The van der Waals surface area contributed by atoms with E-state index in [1.54, 1.807) is 56.5 Å². The van der Waals surface area contributed by atoms with E-state index in [2.05, 4.69) is 10.6 Å². The quantitative estimate of drug-likeness (QED) is 0.260. The number of aliphatic hydroxyl groups is 1. The summed E-state index contributed by atoms with van der Waals surface area (Å²) in [5.74, 6) is -0.393. The lowest BCUT2D eigenvalue weighted by atomic mass is 10.0. The fourth-order valence-corrected chi connectivity index (χ4v) is 6.75. The number of carbonyl (C=O) groups is 2. The minimum atomic E-state index is -3.97. The highest BCUT2D eigenvalue weighted by atomic mass is 32.2. The molecule has 0 saturated heterocycles. The third-order valence-corrected chi connectivity index (χ3v) is 10.5. The Bertz CT molecular complexity index is 1690. The lowest BCUT2D eigenvalue weighted by molar-refractivity contribution is -0.00834. The molecule has 0 bridgehead atoms. The molecule has 0 spiro atoms. The number of aliphatic hydroxyl groups excluding tert-OH is 1. The Morgan fingerprint density at radius 2 is 1.72 bits per heavy atom. The van der Waals surface area contributed by atoms with Crippen LogP contribution in [-0.4, -0.2) is 93.4 Å². The molecule has 3 amide bonds. The van der Waals surface area contributed by atoms with Gasteiger partial charge in [-0.25, -0.2) is 17.6 Å². The fourth-order valence-electron chi connectivity index (χ4n) is 5.57. The van der Waals surface area contributed by atoms with Crippen molar-refractivity contribution < 1.29 is 41.7 Å². The summed E-state index contributed by atoms with van der Waals surface area (Å²) in [5.41, 5.74) is 1.08. The summed E-state index contributed by atoms with van der Waals surface area (Å²) in [6.07, 6.45) is 1.24. The van der Waals surface area contributed by atoms with Crippen LogP contribution in [0.15, 0.2) is 71.6 Å². The van der Waals surface area contributed by atoms with Gasteiger partial charge in [-0.2, -0.15) is 4.31 Å². The molecule has 3 N–H and O–H groups in total. The number of amides is 3. The number of fused-ring (bicyclic) bond motifs is 1. The topological polar surface area (TPSA) is 147 Å². The highest BCUT2D eigenvalue weighted by Gasteiger charge is 2.32. The number of methoxy groups -OCH3 is 1. The molecule has 0 unspecified atom stereocenters. The Hall–Kier alpha value is -4.24. The molecule has 1 aliphatic rings. The summed E-state index contributed by atoms with van der Waals surface area (Å²) in [6, 6.07) is 15.1. The Kier molecular flexibility index (Phi) is 13.6. The molecular formula is C36H47FN4O8S. The van der Waals surface area contributed by atoms with E-state index >= 15 is 0 Å².